The minimum Gasteiger partial charge on any atom is -0.337 e. The molecule has 1 unspecified atom stereocenters. The highest BCUT2D eigenvalue weighted by atomic mass is 31.2. The molecule has 0 aliphatic carbocycles. The number of hydrogen-bond acceptors (Lipinski definition) is 3. The van der Waals surface area contributed by atoms with Gasteiger partial charge in [0.15, 0.2) is 8.38 Å². The van der Waals surface area contributed by atoms with Gasteiger partial charge in [-0.2, -0.15) is 5.26 Å². The van der Waals surface area contributed by atoms with E-state index in [9.17, 15) is 0 Å². The molecule has 0 bridgehead atoms. The summed E-state index contributed by atoms with van der Waals surface area (Å²) in [6.45, 7) is 2.49. The van der Waals surface area contributed by atoms with Gasteiger partial charge >= 0.3 is 0 Å². The smallest absolute Gasteiger partial charge is 0.169 e. The van der Waals surface area contributed by atoms with E-state index in [1.165, 1.54) is 0 Å². The van der Waals surface area contributed by atoms with Gasteiger partial charge in [-0.05, 0) is 0 Å². The highest BCUT2D eigenvalue weighted by Gasteiger charge is 2.02. The third-order valence-electron chi connectivity index (χ3n) is 0.911. The molecule has 0 heterocycles. The monoisotopic (exact) mass is 161 g/mol. The van der Waals surface area contributed by atoms with E-state index in [2.05, 4.69) is 0 Å². The van der Waals surface area contributed by atoms with Crippen LogP contribution in [0, 0.1) is 11.3 Å². The van der Waals surface area contributed by atoms with Crippen LogP contribution >= 0.6 is 8.38 Å². The lowest BCUT2D eigenvalue weighted by Gasteiger charge is -2.10. The predicted octanol–water partition coefficient (Wildman–Crippen LogP) is 1.89. The van der Waals surface area contributed by atoms with Gasteiger partial charge < -0.3 is 9.05 Å². The van der Waals surface area contributed by atoms with E-state index in [0.29, 0.717) is 13.0 Å². The fraction of sp³-hybridized carbons (Fsp3) is 0.833. The molecular formula is C6H12NO2P. The van der Waals surface area contributed by atoms with Gasteiger partial charge in [0.2, 0.25) is 0 Å². The second-order valence-electron chi connectivity index (χ2n) is 1.57. The van der Waals surface area contributed by atoms with Crippen LogP contribution in [0.5, 0.6) is 0 Å². The molecule has 10 heavy (non-hydrogen) atoms. The number of nitrogens with zero attached hydrogens (tertiary/aromatic N) is 1. The van der Waals surface area contributed by atoms with E-state index in [1.54, 1.807) is 7.11 Å². The summed E-state index contributed by atoms with van der Waals surface area (Å²) in [4.78, 5) is 0. The van der Waals surface area contributed by atoms with Gasteiger partial charge in [-0.3, -0.25) is 0 Å². The van der Waals surface area contributed by atoms with Crippen molar-refractivity contribution in [3.8, 4) is 6.07 Å². The van der Waals surface area contributed by atoms with Crippen LogP contribution in [0.2, 0.25) is 0 Å². The lowest BCUT2D eigenvalue weighted by molar-refractivity contribution is 0.290. The molecule has 0 aromatic heterocycles. The SMILES string of the molecule is CCP(OC)OCCC#N. The molecule has 4 heteroatoms. The normalized spacial score (nSPS) is 12.5. The van der Waals surface area contributed by atoms with Crippen molar-refractivity contribution in [3.05, 3.63) is 0 Å². The Morgan fingerprint density at radius 1 is 1.60 bits per heavy atom. The van der Waals surface area contributed by atoms with E-state index in [-0.39, 0.29) is 0 Å². The Hall–Kier alpha value is -0.160. The molecule has 0 aromatic rings. The summed E-state index contributed by atoms with van der Waals surface area (Å²) >= 11 is 0. The molecule has 0 rings (SSSR count). The Kier molecular flexibility index (Phi) is 6.84. The second kappa shape index (κ2) is 6.95. The van der Waals surface area contributed by atoms with Gasteiger partial charge in [-0.25, -0.2) is 0 Å². The van der Waals surface area contributed by atoms with E-state index in [1.807, 2.05) is 13.0 Å². The zero-order valence-electron chi connectivity index (χ0n) is 6.33. The molecule has 1 atom stereocenters. The zero-order chi connectivity index (χ0) is 7.82. The van der Waals surface area contributed by atoms with Crippen molar-refractivity contribution < 1.29 is 9.05 Å². The maximum Gasteiger partial charge on any atom is 0.169 e. The summed E-state index contributed by atoms with van der Waals surface area (Å²) in [5.74, 6) is 0. The number of nitriles is 1. The molecule has 0 saturated heterocycles. The first-order valence-electron chi connectivity index (χ1n) is 3.16. The van der Waals surface area contributed by atoms with Crippen LogP contribution in [0.1, 0.15) is 13.3 Å². The van der Waals surface area contributed by atoms with Crippen molar-refractivity contribution in [1.29, 1.82) is 5.26 Å². The molecule has 0 radical (unpaired) electrons. The fourth-order valence-electron chi connectivity index (χ4n) is 0.466. The molecule has 0 fully saturated rings. The molecule has 0 spiro atoms. The van der Waals surface area contributed by atoms with Crippen LogP contribution in [0.25, 0.3) is 0 Å². The molecule has 0 saturated carbocycles. The van der Waals surface area contributed by atoms with Crippen molar-refractivity contribution in [1.82, 2.24) is 0 Å². The van der Waals surface area contributed by atoms with Gasteiger partial charge in [0.05, 0.1) is 19.1 Å². The summed E-state index contributed by atoms with van der Waals surface area (Å²) in [7, 11) is 0.908. The Balaban J connectivity index is 3.19. The molecule has 0 N–H and O–H groups in total. The van der Waals surface area contributed by atoms with Crippen molar-refractivity contribution in [2.45, 2.75) is 13.3 Å². The van der Waals surface area contributed by atoms with Crippen molar-refractivity contribution in [2.24, 2.45) is 0 Å². The molecule has 0 aliphatic rings. The number of hydrogen-bond donors (Lipinski definition) is 0. The van der Waals surface area contributed by atoms with Gasteiger partial charge in [0.25, 0.3) is 0 Å². The van der Waals surface area contributed by atoms with Crippen LogP contribution < -0.4 is 0 Å². The Morgan fingerprint density at radius 3 is 2.70 bits per heavy atom. The number of rotatable bonds is 5. The van der Waals surface area contributed by atoms with Crippen LogP contribution in [0.3, 0.4) is 0 Å². The topological polar surface area (TPSA) is 42.2 Å². The first kappa shape index (κ1) is 9.84. The maximum atomic E-state index is 8.16. The first-order chi connectivity index (χ1) is 4.85. The third kappa shape index (κ3) is 4.69. The summed E-state index contributed by atoms with van der Waals surface area (Å²) in [6, 6.07) is 2.00. The summed E-state index contributed by atoms with van der Waals surface area (Å²) in [5.41, 5.74) is 0. The summed E-state index contributed by atoms with van der Waals surface area (Å²) < 4.78 is 10.2. The summed E-state index contributed by atoms with van der Waals surface area (Å²) in [6.07, 6.45) is 1.33. The fourth-order valence-corrected chi connectivity index (χ4v) is 1.31. The van der Waals surface area contributed by atoms with Crippen LogP contribution in [-0.4, -0.2) is 19.9 Å². The van der Waals surface area contributed by atoms with Gasteiger partial charge in [-0.1, -0.05) is 6.92 Å². The van der Waals surface area contributed by atoms with Crippen LogP contribution in [-0.2, 0) is 9.05 Å². The highest BCUT2D eigenvalue weighted by molar-refractivity contribution is 7.47. The lowest BCUT2D eigenvalue weighted by atomic mass is 10.5. The van der Waals surface area contributed by atoms with E-state index in [0.717, 1.165) is 6.16 Å². The van der Waals surface area contributed by atoms with Gasteiger partial charge in [0.1, 0.15) is 0 Å². The molecular weight excluding hydrogens is 149 g/mol. The van der Waals surface area contributed by atoms with Gasteiger partial charge in [0, 0.05) is 13.3 Å². The molecule has 0 aromatic carbocycles. The average Bonchev–Trinajstić information content (AvgIpc) is 1.99. The lowest BCUT2D eigenvalue weighted by Crippen LogP contribution is -1.91. The van der Waals surface area contributed by atoms with E-state index >= 15 is 0 Å². The van der Waals surface area contributed by atoms with E-state index < -0.39 is 8.38 Å². The Morgan fingerprint density at radius 2 is 2.30 bits per heavy atom. The van der Waals surface area contributed by atoms with Crippen LogP contribution in [0.4, 0.5) is 0 Å². The van der Waals surface area contributed by atoms with E-state index in [4.69, 9.17) is 14.3 Å². The minimum absolute atomic E-state index is 0.447. The minimum atomic E-state index is -0.719. The highest BCUT2D eigenvalue weighted by Crippen LogP contribution is 2.35. The van der Waals surface area contributed by atoms with Crippen molar-refractivity contribution in [3.63, 3.8) is 0 Å². The van der Waals surface area contributed by atoms with Gasteiger partial charge in [-0.15, -0.1) is 0 Å². The molecule has 58 valence electrons. The third-order valence-corrected chi connectivity index (χ3v) is 2.31. The van der Waals surface area contributed by atoms with Crippen molar-refractivity contribution >= 4 is 8.38 Å². The van der Waals surface area contributed by atoms with Crippen molar-refractivity contribution in [2.75, 3.05) is 19.9 Å². The Bertz CT molecular complexity index is 109. The standard InChI is InChI=1S/C6H12NO2P/c1-3-10(8-2)9-6-4-5-7/h3-4,6H2,1-2H3. The quantitative estimate of drug-likeness (QED) is 0.456. The largest absolute Gasteiger partial charge is 0.337 e. The molecule has 0 amide bonds. The molecule has 3 nitrogen and oxygen atoms in total. The first-order valence-corrected chi connectivity index (χ1v) is 4.53. The summed E-state index contributed by atoms with van der Waals surface area (Å²) in [5, 5.41) is 8.16. The Labute approximate surface area is 62.9 Å². The predicted molar refractivity (Wildman–Crippen MR) is 40.7 cm³/mol. The second-order valence-corrected chi connectivity index (χ2v) is 3.49. The maximum absolute atomic E-state index is 8.16. The zero-order valence-corrected chi connectivity index (χ0v) is 7.23. The van der Waals surface area contributed by atoms with Crippen LogP contribution in [0.15, 0.2) is 0 Å². The average molecular weight is 161 g/mol. The molecule has 0 aliphatic heterocycles.